The highest BCUT2D eigenvalue weighted by atomic mass is 79.9. The van der Waals surface area contributed by atoms with E-state index in [1.165, 1.54) is 0 Å². The molecule has 0 aliphatic carbocycles. The molecule has 1 aliphatic heterocycles. The normalized spacial score (nSPS) is 19.9. The summed E-state index contributed by atoms with van der Waals surface area (Å²) in [6, 6.07) is 6.76. The van der Waals surface area contributed by atoms with Crippen LogP contribution in [-0.2, 0) is 9.59 Å². The summed E-state index contributed by atoms with van der Waals surface area (Å²) in [6.07, 6.45) is 1.79. The zero-order valence-electron chi connectivity index (χ0n) is 11.9. The van der Waals surface area contributed by atoms with Crippen LogP contribution in [0.1, 0.15) is 26.2 Å². The monoisotopic (exact) mass is 354 g/mol. The average Bonchev–Trinajstić information content (AvgIpc) is 2.48. The first-order valence-corrected chi connectivity index (χ1v) is 7.80. The maximum absolute atomic E-state index is 12.5. The molecule has 0 aromatic heterocycles. The van der Waals surface area contributed by atoms with Crippen LogP contribution in [0.25, 0.3) is 0 Å². The van der Waals surface area contributed by atoms with Crippen molar-refractivity contribution in [1.29, 1.82) is 0 Å². The van der Waals surface area contributed by atoms with E-state index in [0.717, 1.165) is 17.3 Å². The number of hydrogen-bond donors (Lipinski definition) is 1. The number of benzene rings is 1. The second kappa shape index (κ2) is 6.93. The van der Waals surface area contributed by atoms with Crippen molar-refractivity contribution in [2.75, 3.05) is 6.54 Å². The van der Waals surface area contributed by atoms with Crippen LogP contribution in [0.4, 0.5) is 0 Å². The Bertz CT molecular complexity index is 518. The van der Waals surface area contributed by atoms with E-state index >= 15 is 0 Å². The molecule has 114 valence electrons. The van der Waals surface area contributed by atoms with E-state index in [0.29, 0.717) is 18.7 Å². The summed E-state index contributed by atoms with van der Waals surface area (Å²) >= 11 is 3.34. The number of ether oxygens (including phenoxy) is 1. The Morgan fingerprint density at radius 1 is 1.33 bits per heavy atom. The van der Waals surface area contributed by atoms with Crippen LogP contribution in [0.3, 0.4) is 0 Å². The Labute approximate surface area is 132 Å². The lowest BCUT2D eigenvalue weighted by Crippen LogP contribution is -2.53. The molecule has 1 fully saturated rings. The highest BCUT2D eigenvalue weighted by Crippen LogP contribution is 2.21. The van der Waals surface area contributed by atoms with Crippen LogP contribution >= 0.6 is 15.9 Å². The van der Waals surface area contributed by atoms with Gasteiger partial charge in [-0.1, -0.05) is 15.9 Å². The smallest absolute Gasteiger partial charge is 0.264 e. The number of hydrogen-bond acceptors (Lipinski definition) is 3. The van der Waals surface area contributed by atoms with E-state index in [1.807, 2.05) is 12.1 Å². The minimum Gasteiger partial charge on any atom is -0.481 e. The molecule has 0 spiro atoms. The molecule has 21 heavy (non-hydrogen) atoms. The maximum atomic E-state index is 12.5. The quantitative estimate of drug-likeness (QED) is 0.899. The van der Waals surface area contributed by atoms with Gasteiger partial charge in [-0.05, 0) is 50.5 Å². The van der Waals surface area contributed by atoms with Crippen LogP contribution in [0.5, 0.6) is 5.75 Å². The third-order valence-electron chi connectivity index (χ3n) is 3.59. The van der Waals surface area contributed by atoms with E-state index in [4.69, 9.17) is 10.5 Å². The summed E-state index contributed by atoms with van der Waals surface area (Å²) < 4.78 is 6.59. The minimum atomic E-state index is -0.647. The van der Waals surface area contributed by atoms with Gasteiger partial charge >= 0.3 is 0 Å². The van der Waals surface area contributed by atoms with Crippen molar-refractivity contribution in [1.82, 2.24) is 4.90 Å². The Balaban J connectivity index is 2.03. The average molecular weight is 355 g/mol. The number of nitrogens with two attached hydrogens (primary N) is 1. The first-order chi connectivity index (χ1) is 9.99. The third-order valence-corrected chi connectivity index (χ3v) is 4.12. The fraction of sp³-hybridized carbons (Fsp3) is 0.467. The summed E-state index contributed by atoms with van der Waals surface area (Å²) in [4.78, 5) is 25.5. The van der Waals surface area contributed by atoms with Crippen LogP contribution < -0.4 is 10.5 Å². The maximum Gasteiger partial charge on any atom is 0.264 e. The molecule has 1 aromatic carbocycles. The lowest BCUT2D eigenvalue weighted by Gasteiger charge is -2.35. The molecule has 0 radical (unpaired) electrons. The van der Waals surface area contributed by atoms with Gasteiger partial charge in [0.2, 0.25) is 5.91 Å². The van der Waals surface area contributed by atoms with Gasteiger partial charge in [-0.2, -0.15) is 0 Å². The molecule has 0 bridgehead atoms. The zero-order valence-corrected chi connectivity index (χ0v) is 13.5. The summed E-state index contributed by atoms with van der Waals surface area (Å²) in [5, 5.41) is 0. The van der Waals surface area contributed by atoms with E-state index in [2.05, 4.69) is 15.9 Å². The summed E-state index contributed by atoms with van der Waals surface area (Å²) in [6.45, 7) is 2.25. The lowest BCUT2D eigenvalue weighted by molar-refractivity contribution is -0.146. The molecule has 6 heteroatoms. The molecule has 2 amide bonds. The molecule has 1 saturated heterocycles. The van der Waals surface area contributed by atoms with Gasteiger partial charge in [0, 0.05) is 11.0 Å². The fourth-order valence-corrected chi connectivity index (χ4v) is 2.76. The SMILES string of the molecule is CC(Oc1ccc(Br)cc1)C(=O)N1CCCCC1C(N)=O. The third kappa shape index (κ3) is 3.97. The van der Waals surface area contributed by atoms with Crippen molar-refractivity contribution in [2.24, 2.45) is 5.73 Å². The molecular formula is C15H19BrN2O3. The van der Waals surface area contributed by atoms with Crippen molar-refractivity contribution in [3.63, 3.8) is 0 Å². The van der Waals surface area contributed by atoms with Gasteiger partial charge in [-0.3, -0.25) is 9.59 Å². The molecule has 2 rings (SSSR count). The predicted octanol–water partition coefficient (Wildman–Crippen LogP) is 2.08. The van der Waals surface area contributed by atoms with Gasteiger partial charge in [0.15, 0.2) is 6.10 Å². The number of carbonyl (C=O) groups excluding carboxylic acids is 2. The van der Waals surface area contributed by atoms with E-state index in [9.17, 15) is 9.59 Å². The number of piperidine rings is 1. The topological polar surface area (TPSA) is 72.6 Å². The Kier molecular flexibility index (Phi) is 5.22. The van der Waals surface area contributed by atoms with Crippen LogP contribution in [0.2, 0.25) is 0 Å². The summed E-state index contributed by atoms with van der Waals surface area (Å²) in [5.74, 6) is -0.0213. The van der Waals surface area contributed by atoms with Gasteiger partial charge in [0.1, 0.15) is 11.8 Å². The standard InChI is InChI=1S/C15H19BrN2O3/c1-10(21-12-7-5-11(16)6-8-12)15(20)18-9-3-2-4-13(18)14(17)19/h5-8,10,13H,2-4,9H2,1H3,(H2,17,19). The Morgan fingerprint density at radius 2 is 2.00 bits per heavy atom. The first kappa shape index (κ1) is 15.8. The van der Waals surface area contributed by atoms with Gasteiger partial charge in [-0.25, -0.2) is 0 Å². The molecule has 0 saturated carbocycles. The fourth-order valence-electron chi connectivity index (χ4n) is 2.49. The van der Waals surface area contributed by atoms with Crippen molar-refractivity contribution in [2.45, 2.75) is 38.3 Å². The molecule has 2 atom stereocenters. The second-order valence-electron chi connectivity index (χ2n) is 5.16. The predicted molar refractivity (Wildman–Crippen MR) is 82.8 cm³/mol. The number of halogens is 1. The summed E-state index contributed by atoms with van der Waals surface area (Å²) in [7, 11) is 0. The van der Waals surface area contributed by atoms with Crippen molar-refractivity contribution in [3.8, 4) is 5.75 Å². The first-order valence-electron chi connectivity index (χ1n) is 7.01. The second-order valence-corrected chi connectivity index (χ2v) is 6.08. The van der Waals surface area contributed by atoms with E-state index < -0.39 is 18.1 Å². The molecule has 2 unspecified atom stereocenters. The van der Waals surface area contributed by atoms with Gasteiger partial charge in [-0.15, -0.1) is 0 Å². The summed E-state index contributed by atoms with van der Waals surface area (Å²) in [5.41, 5.74) is 5.39. The van der Waals surface area contributed by atoms with E-state index in [1.54, 1.807) is 24.0 Å². The molecule has 1 aromatic rings. The number of carbonyl (C=O) groups is 2. The molecule has 1 aliphatic rings. The largest absolute Gasteiger partial charge is 0.481 e. The lowest BCUT2D eigenvalue weighted by atomic mass is 10.0. The molecule has 2 N–H and O–H groups in total. The molecule has 5 nitrogen and oxygen atoms in total. The number of likely N-dealkylation sites (tertiary alicyclic amines) is 1. The van der Waals surface area contributed by atoms with E-state index in [-0.39, 0.29) is 5.91 Å². The Hall–Kier alpha value is -1.56. The van der Waals surface area contributed by atoms with Crippen molar-refractivity contribution < 1.29 is 14.3 Å². The van der Waals surface area contributed by atoms with Gasteiger partial charge < -0.3 is 15.4 Å². The Morgan fingerprint density at radius 3 is 2.62 bits per heavy atom. The van der Waals surface area contributed by atoms with Gasteiger partial charge in [0.25, 0.3) is 5.91 Å². The zero-order chi connectivity index (χ0) is 15.4. The molecular weight excluding hydrogens is 336 g/mol. The van der Waals surface area contributed by atoms with Gasteiger partial charge in [0.05, 0.1) is 0 Å². The number of primary amides is 1. The number of nitrogens with zero attached hydrogens (tertiary/aromatic N) is 1. The van der Waals surface area contributed by atoms with Crippen LogP contribution in [0.15, 0.2) is 28.7 Å². The number of rotatable bonds is 4. The highest BCUT2D eigenvalue weighted by molar-refractivity contribution is 9.10. The van der Waals surface area contributed by atoms with Crippen LogP contribution in [-0.4, -0.2) is 35.4 Å². The number of amides is 2. The highest BCUT2D eigenvalue weighted by Gasteiger charge is 2.33. The minimum absolute atomic E-state index is 0.193. The molecule has 1 heterocycles. The van der Waals surface area contributed by atoms with Crippen molar-refractivity contribution in [3.05, 3.63) is 28.7 Å². The van der Waals surface area contributed by atoms with Crippen molar-refractivity contribution >= 4 is 27.7 Å². The van der Waals surface area contributed by atoms with Crippen LogP contribution in [0, 0.1) is 0 Å².